The van der Waals surface area contributed by atoms with Crippen LogP contribution in [0.1, 0.15) is 35.1 Å². The van der Waals surface area contributed by atoms with Crippen molar-refractivity contribution in [2.45, 2.75) is 25.8 Å². The number of alkyl halides is 1. The smallest absolute Gasteiger partial charge is 0.156 e. The summed E-state index contributed by atoms with van der Waals surface area (Å²) in [5.74, 6) is 1.48. The number of fused-ring (bicyclic) bond motifs is 1. The van der Waals surface area contributed by atoms with Crippen LogP contribution in [0.15, 0.2) is 28.8 Å². The molecule has 5 nitrogen and oxygen atoms in total. The number of imidazole rings is 1. The predicted octanol–water partition coefficient (Wildman–Crippen LogP) is 3.55. The molecule has 0 spiro atoms. The Bertz CT molecular complexity index is 841. The van der Waals surface area contributed by atoms with Gasteiger partial charge in [-0.15, -0.1) is 11.6 Å². The second kappa shape index (κ2) is 5.23. The van der Waals surface area contributed by atoms with Crippen LogP contribution in [0, 0.1) is 18.3 Å². The summed E-state index contributed by atoms with van der Waals surface area (Å²) in [7, 11) is 0. The van der Waals surface area contributed by atoms with Crippen LogP contribution in [0.5, 0.6) is 0 Å². The van der Waals surface area contributed by atoms with E-state index in [1.54, 1.807) is 6.07 Å². The molecular weight excluding hydrogens is 288 g/mol. The Labute approximate surface area is 126 Å². The predicted molar refractivity (Wildman–Crippen MR) is 79.1 cm³/mol. The summed E-state index contributed by atoms with van der Waals surface area (Å²) in [5.41, 5.74) is 3.09. The molecule has 2 heterocycles. The lowest BCUT2D eigenvalue weighted by atomic mass is 10.2. The monoisotopic (exact) mass is 300 g/mol. The molecule has 0 aliphatic rings. The minimum absolute atomic E-state index is 0.244. The Morgan fingerprint density at radius 2 is 2.24 bits per heavy atom. The summed E-state index contributed by atoms with van der Waals surface area (Å²) in [6.45, 7) is 4.23. The van der Waals surface area contributed by atoms with Gasteiger partial charge in [-0.1, -0.05) is 5.16 Å². The summed E-state index contributed by atoms with van der Waals surface area (Å²) in [6, 6.07) is 9.42. The molecule has 6 heteroatoms. The fourth-order valence-electron chi connectivity index (χ4n) is 2.33. The molecule has 1 atom stereocenters. The molecule has 0 radical (unpaired) electrons. The third-order valence-electron chi connectivity index (χ3n) is 3.25. The molecule has 0 aliphatic heterocycles. The molecule has 0 fully saturated rings. The molecule has 3 rings (SSSR count). The maximum absolute atomic E-state index is 9.06. The van der Waals surface area contributed by atoms with Crippen LogP contribution in [0.4, 0.5) is 0 Å². The maximum Gasteiger partial charge on any atom is 0.156 e. The van der Waals surface area contributed by atoms with Crippen molar-refractivity contribution in [3.05, 3.63) is 47.1 Å². The SMILES string of the molecule is Cc1cc(Cn2c(C(C)Cl)nc3ccc(C#N)cc32)on1. The first-order valence-corrected chi connectivity index (χ1v) is 6.98. The normalized spacial score (nSPS) is 12.5. The van der Waals surface area contributed by atoms with Crippen molar-refractivity contribution >= 4 is 22.6 Å². The van der Waals surface area contributed by atoms with Gasteiger partial charge in [-0.3, -0.25) is 0 Å². The van der Waals surface area contributed by atoms with Crippen molar-refractivity contribution < 1.29 is 4.52 Å². The minimum Gasteiger partial charge on any atom is -0.359 e. The lowest BCUT2D eigenvalue weighted by Gasteiger charge is -2.08. The van der Waals surface area contributed by atoms with E-state index in [2.05, 4.69) is 16.2 Å². The van der Waals surface area contributed by atoms with Crippen molar-refractivity contribution in [2.24, 2.45) is 0 Å². The quantitative estimate of drug-likeness (QED) is 0.694. The van der Waals surface area contributed by atoms with E-state index in [0.29, 0.717) is 12.1 Å². The van der Waals surface area contributed by atoms with Gasteiger partial charge in [0.05, 0.1) is 40.3 Å². The van der Waals surface area contributed by atoms with E-state index in [0.717, 1.165) is 28.3 Å². The van der Waals surface area contributed by atoms with E-state index in [1.165, 1.54) is 0 Å². The highest BCUT2D eigenvalue weighted by Crippen LogP contribution is 2.26. The van der Waals surface area contributed by atoms with Crippen LogP contribution in [0.25, 0.3) is 11.0 Å². The van der Waals surface area contributed by atoms with E-state index in [9.17, 15) is 0 Å². The van der Waals surface area contributed by atoms with E-state index in [4.69, 9.17) is 21.4 Å². The Kier molecular flexibility index (Phi) is 3.40. The summed E-state index contributed by atoms with van der Waals surface area (Å²) in [5, 5.41) is 12.7. The number of nitriles is 1. The number of hydrogen-bond donors (Lipinski definition) is 0. The third-order valence-corrected chi connectivity index (χ3v) is 3.45. The Hall–Kier alpha value is -2.32. The van der Waals surface area contributed by atoms with Crippen molar-refractivity contribution in [1.29, 1.82) is 5.26 Å². The molecule has 0 N–H and O–H groups in total. The van der Waals surface area contributed by atoms with Crippen LogP contribution in [-0.4, -0.2) is 14.7 Å². The zero-order valence-electron chi connectivity index (χ0n) is 11.7. The second-order valence-corrected chi connectivity index (χ2v) is 5.58. The highest BCUT2D eigenvalue weighted by Gasteiger charge is 2.17. The minimum atomic E-state index is -0.244. The zero-order valence-corrected chi connectivity index (χ0v) is 12.4. The Balaban J connectivity index is 2.17. The number of rotatable bonds is 3. The molecule has 106 valence electrons. The van der Waals surface area contributed by atoms with Crippen LogP contribution < -0.4 is 0 Å². The lowest BCUT2D eigenvalue weighted by Crippen LogP contribution is -2.05. The third kappa shape index (κ3) is 2.50. The first-order valence-electron chi connectivity index (χ1n) is 6.55. The molecule has 2 aromatic heterocycles. The highest BCUT2D eigenvalue weighted by molar-refractivity contribution is 6.20. The van der Waals surface area contributed by atoms with E-state index in [1.807, 2.05) is 36.6 Å². The topological polar surface area (TPSA) is 67.6 Å². The second-order valence-electron chi connectivity index (χ2n) is 4.92. The molecule has 0 amide bonds. The van der Waals surface area contributed by atoms with Gasteiger partial charge in [0.25, 0.3) is 0 Å². The molecular formula is C15H13ClN4O. The van der Waals surface area contributed by atoms with Gasteiger partial charge in [-0.25, -0.2) is 4.98 Å². The van der Waals surface area contributed by atoms with Crippen LogP contribution >= 0.6 is 11.6 Å². The number of aryl methyl sites for hydroxylation is 1. The molecule has 1 aromatic carbocycles. The van der Waals surface area contributed by atoms with Crippen molar-refractivity contribution in [1.82, 2.24) is 14.7 Å². The standard InChI is InChI=1S/C15H13ClN4O/c1-9-5-12(21-19-9)8-20-14-6-11(7-17)3-4-13(14)18-15(20)10(2)16/h3-6,10H,8H2,1-2H3. The average Bonchev–Trinajstić information content (AvgIpc) is 3.03. The van der Waals surface area contributed by atoms with Gasteiger partial charge in [-0.05, 0) is 32.0 Å². The molecule has 3 aromatic rings. The molecule has 21 heavy (non-hydrogen) atoms. The maximum atomic E-state index is 9.06. The van der Waals surface area contributed by atoms with Gasteiger partial charge in [0, 0.05) is 6.07 Å². The number of benzene rings is 1. The van der Waals surface area contributed by atoms with Crippen LogP contribution in [0.3, 0.4) is 0 Å². The molecule has 0 saturated carbocycles. The van der Waals surface area contributed by atoms with Crippen LogP contribution in [-0.2, 0) is 6.54 Å². The fourth-order valence-corrected chi connectivity index (χ4v) is 2.49. The largest absolute Gasteiger partial charge is 0.359 e. The van der Waals surface area contributed by atoms with Gasteiger partial charge < -0.3 is 9.09 Å². The number of nitrogens with zero attached hydrogens (tertiary/aromatic N) is 4. The first-order chi connectivity index (χ1) is 10.1. The highest BCUT2D eigenvalue weighted by atomic mass is 35.5. The van der Waals surface area contributed by atoms with E-state index < -0.39 is 0 Å². The summed E-state index contributed by atoms with van der Waals surface area (Å²) < 4.78 is 7.24. The van der Waals surface area contributed by atoms with Crippen molar-refractivity contribution in [3.63, 3.8) is 0 Å². The van der Waals surface area contributed by atoms with Crippen LogP contribution in [0.2, 0.25) is 0 Å². The van der Waals surface area contributed by atoms with Gasteiger partial charge in [0.1, 0.15) is 5.82 Å². The first kappa shape index (κ1) is 13.7. The van der Waals surface area contributed by atoms with Gasteiger partial charge in [-0.2, -0.15) is 5.26 Å². The van der Waals surface area contributed by atoms with Gasteiger partial charge in [0.15, 0.2) is 5.76 Å². The van der Waals surface area contributed by atoms with E-state index >= 15 is 0 Å². The molecule has 1 unspecified atom stereocenters. The van der Waals surface area contributed by atoms with Crippen molar-refractivity contribution in [2.75, 3.05) is 0 Å². The number of hydrogen-bond acceptors (Lipinski definition) is 4. The van der Waals surface area contributed by atoms with Crippen molar-refractivity contribution in [3.8, 4) is 6.07 Å². The average molecular weight is 301 g/mol. The zero-order chi connectivity index (χ0) is 15.0. The number of aromatic nitrogens is 3. The summed E-state index contributed by atoms with van der Waals surface area (Å²) >= 11 is 6.23. The van der Waals surface area contributed by atoms with Gasteiger partial charge in [0.2, 0.25) is 0 Å². The summed E-state index contributed by atoms with van der Waals surface area (Å²) in [4.78, 5) is 4.55. The fraction of sp³-hybridized carbons (Fsp3) is 0.267. The van der Waals surface area contributed by atoms with E-state index in [-0.39, 0.29) is 5.38 Å². The number of halogens is 1. The molecule has 0 saturated heterocycles. The lowest BCUT2D eigenvalue weighted by molar-refractivity contribution is 0.372. The Morgan fingerprint density at radius 1 is 1.43 bits per heavy atom. The molecule has 0 aliphatic carbocycles. The Morgan fingerprint density at radius 3 is 2.86 bits per heavy atom. The summed E-state index contributed by atoms with van der Waals surface area (Å²) in [6.07, 6.45) is 0. The molecule has 0 bridgehead atoms. The van der Waals surface area contributed by atoms with Gasteiger partial charge >= 0.3 is 0 Å².